The molecule has 0 fully saturated rings. The number of hydrogen-bond donors (Lipinski definition) is 2. The van der Waals surface area contributed by atoms with E-state index in [0.29, 0.717) is 0 Å². The van der Waals surface area contributed by atoms with Crippen molar-refractivity contribution in [3.05, 3.63) is 35.9 Å². The molecule has 0 aliphatic carbocycles. The van der Waals surface area contributed by atoms with Gasteiger partial charge in [-0.2, -0.15) is 13.2 Å². The van der Waals surface area contributed by atoms with Crippen LogP contribution in [0.3, 0.4) is 0 Å². The molecule has 0 bridgehead atoms. The van der Waals surface area contributed by atoms with Crippen molar-refractivity contribution < 1.29 is 32.5 Å². The molecule has 1 aromatic rings. The second-order valence-corrected chi connectivity index (χ2v) is 6.24. The average Bonchev–Trinajstić information content (AvgIpc) is 2.43. The number of aliphatic hydroxyl groups is 1. The number of ether oxygens (including phenoxy) is 2. The quantitative estimate of drug-likeness (QED) is 0.828. The van der Waals surface area contributed by atoms with Crippen molar-refractivity contribution in [2.75, 3.05) is 6.61 Å². The lowest BCUT2D eigenvalue weighted by Crippen LogP contribution is -2.53. The van der Waals surface area contributed by atoms with Gasteiger partial charge in [0, 0.05) is 0 Å². The van der Waals surface area contributed by atoms with Crippen molar-refractivity contribution in [3.8, 4) is 0 Å². The SMILES string of the molecule is CC(C)(C)OC(=O)N[C@H](COCc1ccccc1)[C@@H](O)C(F)(F)F. The first kappa shape index (κ1) is 20.2. The molecule has 24 heavy (non-hydrogen) atoms. The van der Waals surface area contributed by atoms with E-state index in [1.54, 1.807) is 51.1 Å². The highest BCUT2D eigenvalue weighted by molar-refractivity contribution is 5.68. The molecule has 0 unspecified atom stereocenters. The summed E-state index contributed by atoms with van der Waals surface area (Å²) in [5.41, 5.74) is -0.113. The molecular formula is C16H22F3NO4. The molecule has 0 saturated carbocycles. The van der Waals surface area contributed by atoms with Crippen molar-refractivity contribution in [3.63, 3.8) is 0 Å². The molecule has 0 saturated heterocycles. The highest BCUT2D eigenvalue weighted by Crippen LogP contribution is 2.23. The maximum Gasteiger partial charge on any atom is 0.416 e. The van der Waals surface area contributed by atoms with Gasteiger partial charge in [0.15, 0.2) is 6.10 Å². The minimum Gasteiger partial charge on any atom is -0.444 e. The van der Waals surface area contributed by atoms with Crippen LogP contribution in [0.2, 0.25) is 0 Å². The monoisotopic (exact) mass is 349 g/mol. The van der Waals surface area contributed by atoms with E-state index in [1.165, 1.54) is 0 Å². The molecule has 1 aromatic carbocycles. The number of carbonyl (C=O) groups is 1. The molecule has 5 nitrogen and oxygen atoms in total. The van der Waals surface area contributed by atoms with Crippen LogP contribution >= 0.6 is 0 Å². The zero-order valence-corrected chi connectivity index (χ0v) is 13.8. The number of nitrogens with one attached hydrogen (secondary N) is 1. The van der Waals surface area contributed by atoms with Gasteiger partial charge >= 0.3 is 12.3 Å². The van der Waals surface area contributed by atoms with E-state index in [9.17, 15) is 23.1 Å². The predicted molar refractivity (Wildman–Crippen MR) is 81.3 cm³/mol. The van der Waals surface area contributed by atoms with Crippen LogP contribution in [0.15, 0.2) is 30.3 Å². The minimum absolute atomic E-state index is 0.0535. The fourth-order valence-corrected chi connectivity index (χ4v) is 1.78. The Morgan fingerprint density at radius 3 is 2.29 bits per heavy atom. The molecule has 0 radical (unpaired) electrons. The summed E-state index contributed by atoms with van der Waals surface area (Å²) in [5, 5.41) is 11.4. The normalized spacial score (nSPS) is 14.8. The molecule has 1 rings (SSSR count). The van der Waals surface area contributed by atoms with Gasteiger partial charge < -0.3 is 19.9 Å². The third kappa shape index (κ3) is 7.65. The number of amides is 1. The van der Waals surface area contributed by atoms with E-state index in [2.05, 4.69) is 0 Å². The molecule has 0 spiro atoms. The van der Waals surface area contributed by atoms with Crippen molar-refractivity contribution in [1.29, 1.82) is 0 Å². The van der Waals surface area contributed by atoms with Crippen molar-refractivity contribution in [2.45, 2.75) is 51.3 Å². The summed E-state index contributed by atoms with van der Waals surface area (Å²) in [6, 6.07) is 7.14. The summed E-state index contributed by atoms with van der Waals surface area (Å²) in [5.74, 6) is 0. The second kappa shape index (κ2) is 8.34. The highest BCUT2D eigenvalue weighted by atomic mass is 19.4. The van der Waals surface area contributed by atoms with Crippen LogP contribution in [0.25, 0.3) is 0 Å². The lowest BCUT2D eigenvalue weighted by molar-refractivity contribution is -0.215. The third-order valence-electron chi connectivity index (χ3n) is 2.83. The van der Waals surface area contributed by atoms with E-state index >= 15 is 0 Å². The molecule has 8 heteroatoms. The number of hydrogen-bond acceptors (Lipinski definition) is 4. The molecule has 2 N–H and O–H groups in total. The first-order chi connectivity index (χ1) is 11.0. The Morgan fingerprint density at radius 2 is 1.79 bits per heavy atom. The van der Waals surface area contributed by atoms with E-state index < -0.39 is 36.6 Å². The number of carbonyl (C=O) groups excluding carboxylic acids is 1. The molecular weight excluding hydrogens is 327 g/mol. The van der Waals surface area contributed by atoms with Gasteiger partial charge in [0.1, 0.15) is 5.60 Å². The maximum absolute atomic E-state index is 12.7. The summed E-state index contributed by atoms with van der Waals surface area (Å²) in [7, 11) is 0. The lowest BCUT2D eigenvalue weighted by Gasteiger charge is -2.27. The Hall–Kier alpha value is -1.80. The zero-order valence-electron chi connectivity index (χ0n) is 13.8. The maximum atomic E-state index is 12.7. The summed E-state index contributed by atoms with van der Waals surface area (Å²) in [6.45, 7) is 4.27. The molecule has 136 valence electrons. The van der Waals surface area contributed by atoms with Gasteiger partial charge in [-0.05, 0) is 26.3 Å². The Kier molecular flexibility index (Phi) is 7.04. The Labute approximate surface area is 138 Å². The zero-order chi connectivity index (χ0) is 18.4. The lowest BCUT2D eigenvalue weighted by atomic mass is 10.1. The third-order valence-corrected chi connectivity index (χ3v) is 2.83. The number of rotatable bonds is 6. The van der Waals surface area contributed by atoms with Gasteiger partial charge in [0.05, 0.1) is 19.3 Å². The van der Waals surface area contributed by atoms with Crippen LogP contribution in [-0.2, 0) is 16.1 Å². The number of alkyl carbamates (subject to hydrolysis) is 1. The van der Waals surface area contributed by atoms with Gasteiger partial charge in [-0.1, -0.05) is 30.3 Å². The van der Waals surface area contributed by atoms with Crippen LogP contribution in [0.1, 0.15) is 26.3 Å². The van der Waals surface area contributed by atoms with Crippen molar-refractivity contribution in [2.24, 2.45) is 0 Å². The molecule has 2 atom stereocenters. The van der Waals surface area contributed by atoms with Crippen LogP contribution < -0.4 is 5.32 Å². The Bertz CT molecular complexity index is 514. The average molecular weight is 349 g/mol. The first-order valence-corrected chi connectivity index (χ1v) is 7.35. The standard InChI is InChI=1S/C16H22F3NO4/c1-15(2,3)24-14(22)20-12(13(21)16(17,18)19)10-23-9-11-7-5-4-6-8-11/h4-8,12-13,21H,9-10H2,1-3H3,(H,20,22)/t12-,13-/m1/s1. The van der Waals surface area contributed by atoms with Gasteiger partial charge in [0.2, 0.25) is 0 Å². The Balaban J connectivity index is 2.66. The smallest absolute Gasteiger partial charge is 0.416 e. The Morgan fingerprint density at radius 1 is 1.21 bits per heavy atom. The second-order valence-electron chi connectivity index (χ2n) is 6.24. The molecule has 0 aliphatic heterocycles. The molecule has 0 aliphatic rings. The number of benzene rings is 1. The minimum atomic E-state index is -4.89. The van der Waals surface area contributed by atoms with Crippen LogP contribution in [0.4, 0.5) is 18.0 Å². The number of halogens is 3. The van der Waals surface area contributed by atoms with Crippen molar-refractivity contribution >= 4 is 6.09 Å². The highest BCUT2D eigenvalue weighted by Gasteiger charge is 2.44. The molecule has 0 heterocycles. The molecule has 1 amide bonds. The van der Waals surface area contributed by atoms with Crippen LogP contribution in [-0.4, -0.2) is 41.7 Å². The van der Waals surface area contributed by atoms with Gasteiger partial charge in [0.25, 0.3) is 0 Å². The topological polar surface area (TPSA) is 67.8 Å². The fraction of sp³-hybridized carbons (Fsp3) is 0.562. The van der Waals surface area contributed by atoms with E-state index in [0.717, 1.165) is 5.56 Å². The number of alkyl halides is 3. The van der Waals surface area contributed by atoms with Crippen LogP contribution in [0, 0.1) is 0 Å². The summed E-state index contributed by atoms with van der Waals surface area (Å²) in [4.78, 5) is 11.7. The van der Waals surface area contributed by atoms with Crippen LogP contribution in [0.5, 0.6) is 0 Å². The molecule has 0 aromatic heterocycles. The van der Waals surface area contributed by atoms with E-state index in [1.807, 2.05) is 5.32 Å². The first-order valence-electron chi connectivity index (χ1n) is 7.35. The predicted octanol–water partition coefficient (Wildman–Crippen LogP) is 3.02. The van der Waals surface area contributed by atoms with Gasteiger partial charge in [-0.25, -0.2) is 4.79 Å². The van der Waals surface area contributed by atoms with E-state index in [-0.39, 0.29) is 6.61 Å². The van der Waals surface area contributed by atoms with Crippen molar-refractivity contribution in [1.82, 2.24) is 5.32 Å². The summed E-state index contributed by atoms with van der Waals surface area (Å²) < 4.78 is 48.3. The van der Waals surface area contributed by atoms with E-state index in [4.69, 9.17) is 9.47 Å². The number of aliphatic hydroxyl groups excluding tert-OH is 1. The summed E-state index contributed by atoms with van der Waals surface area (Å²) in [6.07, 6.45) is -8.71. The van der Waals surface area contributed by atoms with Gasteiger partial charge in [-0.3, -0.25) is 0 Å². The largest absolute Gasteiger partial charge is 0.444 e. The fourth-order valence-electron chi connectivity index (χ4n) is 1.78. The van der Waals surface area contributed by atoms with Gasteiger partial charge in [-0.15, -0.1) is 0 Å². The summed E-state index contributed by atoms with van der Waals surface area (Å²) >= 11 is 0.